The number of benzene rings is 1. The first kappa shape index (κ1) is 17.6. The average Bonchev–Trinajstić information content (AvgIpc) is 3.30. The molecule has 2 N–H and O–H groups in total. The Bertz CT molecular complexity index is 922. The van der Waals surface area contributed by atoms with Gasteiger partial charge in [0.25, 0.3) is 0 Å². The Kier molecular flexibility index (Phi) is 4.61. The van der Waals surface area contributed by atoms with E-state index in [2.05, 4.69) is 16.4 Å². The zero-order chi connectivity index (χ0) is 19.0. The van der Waals surface area contributed by atoms with E-state index in [-0.39, 0.29) is 29.7 Å². The third-order valence-electron chi connectivity index (χ3n) is 5.62. The van der Waals surface area contributed by atoms with Crippen LogP contribution in [0.15, 0.2) is 24.4 Å². The molecule has 1 aromatic heterocycles. The van der Waals surface area contributed by atoms with E-state index in [1.54, 1.807) is 4.90 Å². The molecule has 1 saturated carbocycles. The minimum atomic E-state index is -0.285. The summed E-state index contributed by atoms with van der Waals surface area (Å²) in [6.07, 6.45) is 6.16. The molecule has 140 valence electrons. The molecule has 2 aromatic rings. The number of amides is 2. The van der Waals surface area contributed by atoms with E-state index in [1.165, 1.54) is 0 Å². The summed E-state index contributed by atoms with van der Waals surface area (Å²) in [4.78, 5) is 29.8. The Hall–Kier alpha value is -2.81. The summed E-state index contributed by atoms with van der Waals surface area (Å²) >= 11 is 0. The van der Waals surface area contributed by atoms with Crippen LogP contribution in [-0.4, -0.2) is 34.3 Å². The molecule has 6 nitrogen and oxygen atoms in total. The van der Waals surface area contributed by atoms with Gasteiger partial charge in [0.1, 0.15) is 6.04 Å². The lowest BCUT2D eigenvalue weighted by atomic mass is 9.98. The molecular weight excluding hydrogens is 340 g/mol. The number of nitrogens with one attached hydrogen (secondary N) is 2. The minimum absolute atomic E-state index is 0.0478. The molecule has 1 aliphatic heterocycles. The normalized spacial score (nSPS) is 20.4. The van der Waals surface area contributed by atoms with E-state index in [1.807, 2.05) is 31.3 Å². The Labute approximate surface area is 158 Å². The van der Waals surface area contributed by atoms with Crippen LogP contribution < -0.4 is 5.32 Å². The predicted molar refractivity (Wildman–Crippen MR) is 103 cm³/mol. The van der Waals surface area contributed by atoms with Crippen LogP contribution in [0.3, 0.4) is 0 Å². The van der Waals surface area contributed by atoms with Crippen molar-refractivity contribution in [3.05, 3.63) is 30.0 Å². The molecular formula is C21H24N4O2. The van der Waals surface area contributed by atoms with Crippen molar-refractivity contribution in [2.45, 2.75) is 45.1 Å². The van der Waals surface area contributed by atoms with Crippen LogP contribution >= 0.6 is 0 Å². The summed E-state index contributed by atoms with van der Waals surface area (Å²) in [7, 11) is 0. The summed E-state index contributed by atoms with van der Waals surface area (Å²) in [5, 5.41) is 13.2. The Morgan fingerprint density at radius 3 is 2.93 bits per heavy atom. The van der Waals surface area contributed by atoms with Crippen LogP contribution in [0.25, 0.3) is 10.9 Å². The van der Waals surface area contributed by atoms with Gasteiger partial charge in [0.15, 0.2) is 0 Å². The number of fused-ring (bicyclic) bond motifs is 1. The SMILES string of the molecule is C[C@@H](Cc1c[nH]c2ccc(NC(=O)C3CC3)cc12)C(=O)N1CCC[C@H]1C#N. The highest BCUT2D eigenvalue weighted by atomic mass is 16.2. The molecule has 2 aliphatic rings. The van der Waals surface area contributed by atoms with E-state index in [0.717, 1.165) is 47.8 Å². The van der Waals surface area contributed by atoms with Crippen molar-refractivity contribution in [1.29, 1.82) is 5.26 Å². The first-order valence-corrected chi connectivity index (χ1v) is 9.68. The van der Waals surface area contributed by atoms with Crippen LogP contribution in [-0.2, 0) is 16.0 Å². The number of rotatable bonds is 5. The van der Waals surface area contributed by atoms with Gasteiger partial charge in [-0.1, -0.05) is 6.92 Å². The van der Waals surface area contributed by atoms with Crippen LogP contribution in [0, 0.1) is 23.2 Å². The predicted octanol–water partition coefficient (Wildman–Crippen LogP) is 3.21. The molecule has 0 unspecified atom stereocenters. The van der Waals surface area contributed by atoms with Gasteiger partial charge in [-0.05, 0) is 55.9 Å². The fraction of sp³-hybridized carbons (Fsp3) is 0.476. The maximum atomic E-state index is 12.8. The van der Waals surface area contributed by atoms with Gasteiger partial charge < -0.3 is 15.2 Å². The number of carbonyl (C=O) groups excluding carboxylic acids is 2. The molecule has 0 spiro atoms. The monoisotopic (exact) mass is 364 g/mol. The number of nitriles is 1. The molecule has 0 bridgehead atoms. The number of aromatic nitrogens is 1. The maximum Gasteiger partial charge on any atom is 0.227 e. The molecule has 0 radical (unpaired) electrons. The van der Waals surface area contributed by atoms with Crippen molar-refractivity contribution >= 4 is 28.4 Å². The van der Waals surface area contributed by atoms with Crippen molar-refractivity contribution in [1.82, 2.24) is 9.88 Å². The Morgan fingerprint density at radius 1 is 1.37 bits per heavy atom. The lowest BCUT2D eigenvalue weighted by Gasteiger charge is -2.23. The van der Waals surface area contributed by atoms with Crippen molar-refractivity contribution in [3.63, 3.8) is 0 Å². The van der Waals surface area contributed by atoms with Gasteiger partial charge >= 0.3 is 0 Å². The average molecular weight is 364 g/mol. The number of aromatic amines is 1. The van der Waals surface area contributed by atoms with E-state index in [0.29, 0.717) is 13.0 Å². The van der Waals surface area contributed by atoms with Crippen molar-refractivity contribution in [2.75, 3.05) is 11.9 Å². The van der Waals surface area contributed by atoms with Gasteiger partial charge in [-0.2, -0.15) is 5.26 Å². The molecule has 1 aliphatic carbocycles. The molecule has 2 fully saturated rings. The Morgan fingerprint density at radius 2 is 2.19 bits per heavy atom. The number of carbonyl (C=O) groups is 2. The number of likely N-dealkylation sites (tertiary alicyclic amines) is 1. The van der Waals surface area contributed by atoms with Gasteiger partial charge in [-0.25, -0.2) is 0 Å². The zero-order valence-corrected chi connectivity index (χ0v) is 15.5. The highest BCUT2D eigenvalue weighted by Crippen LogP contribution is 2.31. The third kappa shape index (κ3) is 3.55. The smallest absolute Gasteiger partial charge is 0.227 e. The summed E-state index contributed by atoms with van der Waals surface area (Å²) < 4.78 is 0. The third-order valence-corrected chi connectivity index (χ3v) is 5.62. The number of hydrogen-bond donors (Lipinski definition) is 2. The lowest BCUT2D eigenvalue weighted by molar-refractivity contribution is -0.134. The standard InChI is InChI=1S/C21H24N4O2/c1-13(21(27)25-8-2-3-17(25)11-22)9-15-12-23-19-7-6-16(10-18(15)19)24-20(26)14-4-5-14/h6-7,10,12-14,17,23H,2-5,8-9H2,1H3,(H,24,26)/t13-,17-/m0/s1. The second-order valence-corrected chi connectivity index (χ2v) is 7.76. The molecule has 2 atom stereocenters. The van der Waals surface area contributed by atoms with Gasteiger partial charge in [-0.3, -0.25) is 9.59 Å². The lowest BCUT2D eigenvalue weighted by Crippen LogP contribution is -2.38. The molecule has 1 saturated heterocycles. The van der Waals surface area contributed by atoms with Crippen molar-refractivity contribution < 1.29 is 9.59 Å². The molecule has 1 aromatic carbocycles. The molecule has 27 heavy (non-hydrogen) atoms. The van der Waals surface area contributed by atoms with Crippen molar-refractivity contribution in [2.24, 2.45) is 11.8 Å². The summed E-state index contributed by atoms with van der Waals surface area (Å²) in [5.74, 6) is 0.110. The molecule has 4 rings (SSSR count). The van der Waals surface area contributed by atoms with E-state index in [4.69, 9.17) is 0 Å². The quantitative estimate of drug-likeness (QED) is 0.854. The highest BCUT2D eigenvalue weighted by molar-refractivity contribution is 5.97. The largest absolute Gasteiger partial charge is 0.361 e. The molecule has 6 heteroatoms. The number of nitrogens with zero attached hydrogens (tertiary/aromatic N) is 2. The number of anilines is 1. The van der Waals surface area contributed by atoms with Gasteiger partial charge in [0.2, 0.25) is 11.8 Å². The number of hydrogen-bond acceptors (Lipinski definition) is 3. The first-order chi connectivity index (χ1) is 13.1. The van der Waals surface area contributed by atoms with Gasteiger partial charge in [-0.15, -0.1) is 0 Å². The van der Waals surface area contributed by atoms with Crippen LogP contribution in [0.5, 0.6) is 0 Å². The molecule has 2 heterocycles. The summed E-state index contributed by atoms with van der Waals surface area (Å²) in [6.45, 7) is 2.60. The minimum Gasteiger partial charge on any atom is -0.361 e. The second kappa shape index (κ2) is 7.07. The molecule has 2 amide bonds. The van der Waals surface area contributed by atoms with Gasteiger partial charge in [0, 0.05) is 41.2 Å². The fourth-order valence-corrected chi connectivity index (χ4v) is 3.88. The first-order valence-electron chi connectivity index (χ1n) is 9.68. The fourth-order valence-electron chi connectivity index (χ4n) is 3.88. The van der Waals surface area contributed by atoms with Gasteiger partial charge in [0.05, 0.1) is 6.07 Å². The van der Waals surface area contributed by atoms with Crippen molar-refractivity contribution in [3.8, 4) is 6.07 Å². The van der Waals surface area contributed by atoms with Crippen LogP contribution in [0.2, 0.25) is 0 Å². The highest BCUT2D eigenvalue weighted by Gasteiger charge is 2.32. The number of H-pyrrole nitrogens is 1. The topological polar surface area (TPSA) is 89.0 Å². The summed E-state index contributed by atoms with van der Waals surface area (Å²) in [5.41, 5.74) is 2.84. The van der Waals surface area contributed by atoms with E-state index in [9.17, 15) is 14.9 Å². The maximum absolute atomic E-state index is 12.8. The van der Waals surface area contributed by atoms with E-state index >= 15 is 0 Å². The summed E-state index contributed by atoms with van der Waals surface area (Å²) in [6, 6.07) is 7.79. The Balaban J connectivity index is 1.50. The second-order valence-electron chi connectivity index (χ2n) is 7.76. The van der Waals surface area contributed by atoms with Crippen LogP contribution in [0.1, 0.15) is 38.2 Å². The van der Waals surface area contributed by atoms with E-state index < -0.39 is 0 Å². The zero-order valence-electron chi connectivity index (χ0n) is 15.5. The van der Waals surface area contributed by atoms with Crippen LogP contribution in [0.4, 0.5) is 5.69 Å².